The van der Waals surface area contributed by atoms with Crippen LogP contribution in [0.3, 0.4) is 0 Å². The molecule has 0 aliphatic carbocycles. The van der Waals surface area contributed by atoms with Gasteiger partial charge < -0.3 is 4.42 Å². The van der Waals surface area contributed by atoms with Crippen LogP contribution >= 0.6 is 0 Å². The predicted octanol–water partition coefficient (Wildman–Crippen LogP) is 2.65. The molecule has 0 unspecified atom stereocenters. The molecule has 4 nitrogen and oxygen atoms in total. The third-order valence-electron chi connectivity index (χ3n) is 1.84. The standard InChI is InChI=1S/C10H6NO3/c12-11(13)9-5-2-1-4-8(9)10-6-3-7-14-10/h1-6H. The maximum absolute atomic E-state index is 10.7. The lowest BCUT2D eigenvalue weighted by Crippen LogP contribution is -1.90. The second kappa shape index (κ2) is 3.33. The molecule has 0 spiro atoms. The number of nitro benzene ring substituents is 1. The first-order valence-corrected chi connectivity index (χ1v) is 3.99. The molecule has 1 heterocycles. The Morgan fingerprint density at radius 1 is 1.29 bits per heavy atom. The van der Waals surface area contributed by atoms with Crippen molar-refractivity contribution in [2.75, 3.05) is 0 Å². The Morgan fingerprint density at radius 3 is 2.71 bits per heavy atom. The van der Waals surface area contributed by atoms with Crippen molar-refractivity contribution in [2.45, 2.75) is 0 Å². The van der Waals surface area contributed by atoms with Gasteiger partial charge in [-0.1, -0.05) is 12.1 Å². The number of rotatable bonds is 2. The molecule has 1 aromatic heterocycles. The van der Waals surface area contributed by atoms with Gasteiger partial charge in [-0.25, -0.2) is 0 Å². The Morgan fingerprint density at radius 2 is 2.07 bits per heavy atom. The summed E-state index contributed by atoms with van der Waals surface area (Å²) in [6.45, 7) is 0. The van der Waals surface area contributed by atoms with Gasteiger partial charge in [0.25, 0.3) is 5.69 Å². The van der Waals surface area contributed by atoms with Crippen LogP contribution in [-0.2, 0) is 0 Å². The molecule has 0 amide bonds. The first kappa shape index (κ1) is 8.50. The molecular formula is C10H6NO3. The second-order valence-corrected chi connectivity index (χ2v) is 2.69. The van der Waals surface area contributed by atoms with Crippen molar-refractivity contribution in [3.05, 3.63) is 52.8 Å². The fourth-order valence-electron chi connectivity index (χ4n) is 1.23. The predicted molar refractivity (Wildman–Crippen MR) is 49.6 cm³/mol. The molecule has 0 bridgehead atoms. The third-order valence-corrected chi connectivity index (χ3v) is 1.84. The van der Waals surface area contributed by atoms with Crippen LogP contribution < -0.4 is 0 Å². The molecule has 1 aromatic carbocycles. The SMILES string of the molecule is O=[N+]([O-])c1ccccc1-c1cc[c]o1. The lowest BCUT2D eigenvalue weighted by molar-refractivity contribution is -0.384. The summed E-state index contributed by atoms with van der Waals surface area (Å²) in [5.41, 5.74) is 0.509. The summed E-state index contributed by atoms with van der Waals surface area (Å²) < 4.78 is 4.98. The zero-order chi connectivity index (χ0) is 9.97. The van der Waals surface area contributed by atoms with Crippen LogP contribution in [0.5, 0.6) is 0 Å². The highest BCUT2D eigenvalue weighted by molar-refractivity contribution is 5.68. The van der Waals surface area contributed by atoms with Crippen LogP contribution in [0.15, 0.2) is 40.8 Å². The highest BCUT2D eigenvalue weighted by atomic mass is 16.6. The highest BCUT2D eigenvalue weighted by Crippen LogP contribution is 2.29. The molecule has 4 heteroatoms. The monoisotopic (exact) mass is 188 g/mol. The first-order chi connectivity index (χ1) is 6.79. The van der Waals surface area contributed by atoms with Gasteiger partial charge in [-0.05, 0) is 18.2 Å². The van der Waals surface area contributed by atoms with Crippen molar-refractivity contribution in [3.63, 3.8) is 0 Å². The van der Waals surface area contributed by atoms with Gasteiger partial charge in [-0.2, -0.15) is 0 Å². The minimum Gasteiger partial charge on any atom is -0.453 e. The van der Waals surface area contributed by atoms with E-state index in [4.69, 9.17) is 4.42 Å². The van der Waals surface area contributed by atoms with Gasteiger partial charge in [-0.3, -0.25) is 10.1 Å². The van der Waals surface area contributed by atoms with Crippen molar-refractivity contribution >= 4 is 5.69 Å². The molecule has 1 radical (unpaired) electrons. The van der Waals surface area contributed by atoms with E-state index in [2.05, 4.69) is 6.26 Å². The highest BCUT2D eigenvalue weighted by Gasteiger charge is 2.15. The van der Waals surface area contributed by atoms with Gasteiger partial charge in [0, 0.05) is 6.07 Å². The van der Waals surface area contributed by atoms with Gasteiger partial charge in [0.2, 0.25) is 0 Å². The quantitative estimate of drug-likeness (QED) is 0.537. The number of hydrogen-bond acceptors (Lipinski definition) is 3. The van der Waals surface area contributed by atoms with E-state index in [1.54, 1.807) is 30.3 Å². The van der Waals surface area contributed by atoms with E-state index in [0.717, 1.165) is 0 Å². The van der Waals surface area contributed by atoms with Crippen molar-refractivity contribution in [1.29, 1.82) is 0 Å². The Labute approximate surface area is 79.9 Å². The summed E-state index contributed by atoms with van der Waals surface area (Å²) in [5, 5.41) is 10.7. The smallest absolute Gasteiger partial charge is 0.280 e. The van der Waals surface area contributed by atoms with E-state index in [0.29, 0.717) is 11.3 Å². The molecule has 0 fully saturated rings. The summed E-state index contributed by atoms with van der Waals surface area (Å²) in [4.78, 5) is 10.2. The first-order valence-electron chi connectivity index (χ1n) is 3.99. The van der Waals surface area contributed by atoms with Crippen molar-refractivity contribution < 1.29 is 9.34 Å². The van der Waals surface area contributed by atoms with Gasteiger partial charge >= 0.3 is 0 Å². The largest absolute Gasteiger partial charge is 0.453 e. The maximum atomic E-state index is 10.7. The summed E-state index contributed by atoms with van der Waals surface area (Å²) in [7, 11) is 0. The van der Waals surface area contributed by atoms with Gasteiger partial charge in [-0.15, -0.1) is 0 Å². The van der Waals surface area contributed by atoms with E-state index in [-0.39, 0.29) is 5.69 Å². The van der Waals surface area contributed by atoms with Gasteiger partial charge in [0.15, 0.2) is 6.26 Å². The number of nitrogens with zero attached hydrogens (tertiary/aromatic N) is 1. The van der Waals surface area contributed by atoms with E-state index in [1.807, 2.05) is 0 Å². The molecule has 0 atom stereocenters. The number of benzene rings is 1. The molecule has 0 saturated heterocycles. The molecule has 0 N–H and O–H groups in total. The summed E-state index contributed by atoms with van der Waals surface area (Å²) in [6.07, 6.45) is 2.50. The summed E-state index contributed by atoms with van der Waals surface area (Å²) in [5.74, 6) is 0.456. The number of para-hydroxylation sites is 1. The molecule has 0 aliphatic heterocycles. The number of hydrogen-bond donors (Lipinski definition) is 0. The van der Waals surface area contributed by atoms with Crippen LogP contribution in [0.4, 0.5) is 5.69 Å². The average molecular weight is 188 g/mol. The summed E-state index contributed by atoms with van der Waals surface area (Å²) >= 11 is 0. The molecule has 14 heavy (non-hydrogen) atoms. The Balaban J connectivity index is 2.58. The summed E-state index contributed by atoms with van der Waals surface area (Å²) in [6, 6.07) is 9.65. The normalized spacial score (nSPS) is 10.0. The maximum Gasteiger partial charge on any atom is 0.280 e. The zero-order valence-corrected chi connectivity index (χ0v) is 7.14. The number of nitro groups is 1. The minimum atomic E-state index is -0.433. The van der Waals surface area contributed by atoms with Gasteiger partial charge in [0.05, 0.1) is 10.5 Å². The lowest BCUT2D eigenvalue weighted by Gasteiger charge is -1.97. The van der Waals surface area contributed by atoms with Crippen molar-refractivity contribution in [3.8, 4) is 11.3 Å². The Bertz CT molecular complexity index is 448. The molecular weight excluding hydrogens is 182 g/mol. The topological polar surface area (TPSA) is 56.3 Å². The minimum absolute atomic E-state index is 0.0378. The Hall–Kier alpha value is -2.10. The molecule has 2 rings (SSSR count). The van der Waals surface area contributed by atoms with E-state index in [1.165, 1.54) is 6.07 Å². The molecule has 2 aromatic rings. The molecule has 0 saturated carbocycles. The fourth-order valence-corrected chi connectivity index (χ4v) is 1.23. The van der Waals surface area contributed by atoms with E-state index >= 15 is 0 Å². The van der Waals surface area contributed by atoms with E-state index in [9.17, 15) is 10.1 Å². The Kier molecular flexibility index (Phi) is 2.02. The van der Waals surface area contributed by atoms with Gasteiger partial charge in [0.1, 0.15) is 5.76 Å². The van der Waals surface area contributed by atoms with Crippen LogP contribution in [-0.4, -0.2) is 4.92 Å². The second-order valence-electron chi connectivity index (χ2n) is 2.69. The van der Waals surface area contributed by atoms with Crippen LogP contribution in [0.25, 0.3) is 11.3 Å². The third kappa shape index (κ3) is 1.37. The molecule has 69 valence electrons. The molecule has 0 aliphatic rings. The van der Waals surface area contributed by atoms with E-state index < -0.39 is 4.92 Å². The van der Waals surface area contributed by atoms with Crippen LogP contribution in [0, 0.1) is 16.4 Å². The zero-order valence-electron chi connectivity index (χ0n) is 7.14. The average Bonchev–Trinajstić information content (AvgIpc) is 2.70. The van der Waals surface area contributed by atoms with Crippen LogP contribution in [0.2, 0.25) is 0 Å². The van der Waals surface area contributed by atoms with Crippen molar-refractivity contribution in [1.82, 2.24) is 0 Å². The fraction of sp³-hybridized carbons (Fsp3) is 0. The van der Waals surface area contributed by atoms with Crippen LogP contribution in [0.1, 0.15) is 0 Å². The van der Waals surface area contributed by atoms with Crippen molar-refractivity contribution in [2.24, 2.45) is 0 Å². The lowest BCUT2D eigenvalue weighted by atomic mass is 10.1. The number of furan rings is 1.